The molecular weight excluding hydrogens is 373 g/mol. The van der Waals surface area contributed by atoms with Crippen LogP contribution in [-0.4, -0.2) is 34.2 Å². The smallest absolute Gasteiger partial charge is 0.332 e. The van der Waals surface area contributed by atoms with Gasteiger partial charge in [-0.05, 0) is 15.9 Å². The molecule has 19 heavy (non-hydrogen) atoms. The number of sulfone groups is 1. The highest BCUT2D eigenvalue weighted by Gasteiger charge is 2.37. The second-order valence-corrected chi connectivity index (χ2v) is 7.15. The summed E-state index contributed by atoms with van der Waals surface area (Å²) >= 11 is 3.23. The Bertz CT molecular complexity index is 721. The number of H-pyrrole nitrogens is 1. The summed E-state index contributed by atoms with van der Waals surface area (Å²) in [5, 5.41) is 3.50. The molecule has 2 heterocycles. The first-order chi connectivity index (χ1) is 8.60. The monoisotopic (exact) mass is 376 g/mol. The van der Waals surface area contributed by atoms with Crippen molar-refractivity contribution < 1.29 is 21.6 Å². The van der Waals surface area contributed by atoms with Gasteiger partial charge in [-0.2, -0.15) is 13.2 Å². The Morgan fingerprint density at radius 3 is 2.47 bits per heavy atom. The molecule has 0 unspecified atom stereocenters. The van der Waals surface area contributed by atoms with E-state index in [-0.39, 0.29) is 15.7 Å². The van der Waals surface area contributed by atoms with Gasteiger partial charge in [-0.3, -0.25) is 0 Å². The first kappa shape index (κ1) is 14.4. The van der Waals surface area contributed by atoms with E-state index in [4.69, 9.17) is 0 Å². The lowest BCUT2D eigenvalue weighted by Crippen LogP contribution is -2.06. The van der Waals surface area contributed by atoms with Crippen LogP contribution in [0.5, 0.6) is 0 Å². The predicted octanol–water partition coefficient (Wildman–Crippen LogP) is 2.11. The van der Waals surface area contributed by atoms with Crippen molar-refractivity contribution in [3.05, 3.63) is 10.3 Å². The Morgan fingerprint density at radius 1 is 1.37 bits per heavy atom. The van der Waals surface area contributed by atoms with Gasteiger partial charge in [0.05, 0.1) is 0 Å². The second-order valence-electron chi connectivity index (χ2n) is 3.43. The van der Waals surface area contributed by atoms with Crippen molar-refractivity contribution in [1.82, 2.24) is 19.6 Å². The number of imidazole rings is 1. The zero-order valence-corrected chi connectivity index (χ0v) is 12.2. The molecule has 2 aromatic heterocycles. The fourth-order valence-electron chi connectivity index (χ4n) is 1.22. The number of aromatic amines is 1. The lowest BCUT2D eigenvalue weighted by atomic mass is 10.4. The summed E-state index contributed by atoms with van der Waals surface area (Å²) in [7, 11) is -3.64. The van der Waals surface area contributed by atoms with E-state index in [2.05, 4.69) is 30.5 Å². The Labute approximate surface area is 117 Å². The average Bonchev–Trinajstić information content (AvgIpc) is 2.79. The fraction of sp³-hybridized carbons (Fsp3) is 0.286. The molecule has 2 aromatic rings. The Balaban J connectivity index is 2.60. The van der Waals surface area contributed by atoms with E-state index < -0.39 is 26.3 Å². The number of hydrogen-bond donors (Lipinski definition) is 1. The number of alkyl halides is 3. The van der Waals surface area contributed by atoms with Crippen LogP contribution in [-0.2, 0) is 16.0 Å². The summed E-state index contributed by atoms with van der Waals surface area (Å²) in [6.45, 7) is 0. The fourth-order valence-corrected chi connectivity index (χ4v) is 3.27. The van der Waals surface area contributed by atoms with Crippen LogP contribution in [0.3, 0.4) is 0 Å². The maximum absolute atomic E-state index is 12.6. The number of nitrogens with zero attached hydrogens (tertiary/aromatic N) is 3. The molecule has 104 valence electrons. The molecule has 0 bridgehead atoms. The van der Waals surface area contributed by atoms with Gasteiger partial charge in [0.2, 0.25) is 0 Å². The van der Waals surface area contributed by atoms with Crippen LogP contribution in [0.1, 0.15) is 5.69 Å². The quantitative estimate of drug-likeness (QED) is 0.866. The summed E-state index contributed by atoms with van der Waals surface area (Å²) < 4.78 is 63.3. The molecule has 0 saturated carbocycles. The van der Waals surface area contributed by atoms with Crippen molar-refractivity contribution in [2.45, 2.75) is 10.4 Å². The molecule has 2 rings (SSSR count). The molecule has 0 aliphatic carbocycles. The van der Waals surface area contributed by atoms with Crippen molar-refractivity contribution in [2.24, 2.45) is 0 Å². The number of halogens is 4. The highest BCUT2D eigenvalue weighted by atomic mass is 79.9. The van der Waals surface area contributed by atoms with Gasteiger partial charge >= 0.3 is 6.18 Å². The maximum atomic E-state index is 12.6. The summed E-state index contributed by atoms with van der Waals surface area (Å²) in [5.74, 6) is -0.312. The minimum atomic E-state index is -4.64. The van der Waals surface area contributed by atoms with Gasteiger partial charge in [-0.15, -0.1) is 5.10 Å². The van der Waals surface area contributed by atoms with E-state index in [0.717, 1.165) is 6.26 Å². The largest absolute Gasteiger partial charge is 0.433 e. The van der Waals surface area contributed by atoms with E-state index in [1.54, 1.807) is 0 Å². The third-order valence-electron chi connectivity index (χ3n) is 1.96. The Hall–Kier alpha value is -1.01. The van der Waals surface area contributed by atoms with E-state index in [1.165, 1.54) is 0 Å². The van der Waals surface area contributed by atoms with Gasteiger partial charge in [0, 0.05) is 17.8 Å². The standard InChI is InChI=1S/C7H4BrF3N4O2S2/c1-19(16,17)6-2(14-15-18-6)5-12-3(4(8)13-5)7(9,10)11/h1H3,(H,12,13). The van der Waals surface area contributed by atoms with Crippen LogP contribution in [0.25, 0.3) is 11.5 Å². The zero-order chi connectivity index (χ0) is 14.4. The molecule has 0 fully saturated rings. The maximum Gasteiger partial charge on any atom is 0.433 e. The van der Waals surface area contributed by atoms with Crippen LogP contribution in [0.2, 0.25) is 0 Å². The van der Waals surface area contributed by atoms with Crippen LogP contribution < -0.4 is 0 Å². The Kier molecular flexibility index (Phi) is 3.43. The van der Waals surface area contributed by atoms with Crippen molar-refractivity contribution >= 4 is 37.3 Å². The van der Waals surface area contributed by atoms with Gasteiger partial charge < -0.3 is 4.98 Å². The third-order valence-corrected chi connectivity index (χ3v) is 5.06. The van der Waals surface area contributed by atoms with E-state index in [9.17, 15) is 21.6 Å². The molecule has 6 nitrogen and oxygen atoms in total. The van der Waals surface area contributed by atoms with Crippen LogP contribution in [0, 0.1) is 0 Å². The topological polar surface area (TPSA) is 88.6 Å². The number of aromatic nitrogens is 4. The van der Waals surface area contributed by atoms with E-state index in [1.807, 2.05) is 4.98 Å². The van der Waals surface area contributed by atoms with Crippen molar-refractivity contribution in [2.75, 3.05) is 6.26 Å². The normalized spacial score (nSPS) is 12.9. The third kappa shape index (κ3) is 2.79. The van der Waals surface area contributed by atoms with Crippen molar-refractivity contribution in [1.29, 1.82) is 0 Å². The number of nitrogens with one attached hydrogen (secondary N) is 1. The van der Waals surface area contributed by atoms with Crippen LogP contribution in [0.15, 0.2) is 8.81 Å². The summed E-state index contributed by atoms with van der Waals surface area (Å²) in [6, 6.07) is 0. The number of rotatable bonds is 2. The molecule has 0 amide bonds. The summed E-state index contributed by atoms with van der Waals surface area (Å²) in [5.41, 5.74) is -1.35. The predicted molar refractivity (Wildman–Crippen MR) is 63.3 cm³/mol. The van der Waals surface area contributed by atoms with E-state index >= 15 is 0 Å². The molecule has 0 spiro atoms. The number of hydrogen-bond acceptors (Lipinski definition) is 6. The Morgan fingerprint density at radius 2 is 2.00 bits per heavy atom. The highest BCUT2D eigenvalue weighted by Crippen LogP contribution is 2.36. The average molecular weight is 377 g/mol. The second kappa shape index (κ2) is 4.52. The molecule has 0 saturated heterocycles. The first-order valence-electron chi connectivity index (χ1n) is 4.46. The lowest BCUT2D eigenvalue weighted by molar-refractivity contribution is -0.141. The van der Waals surface area contributed by atoms with Crippen molar-refractivity contribution in [3.63, 3.8) is 0 Å². The van der Waals surface area contributed by atoms with Gasteiger partial charge in [0.1, 0.15) is 4.60 Å². The van der Waals surface area contributed by atoms with Crippen LogP contribution >= 0.6 is 27.5 Å². The van der Waals surface area contributed by atoms with Gasteiger partial charge in [-0.25, -0.2) is 13.4 Å². The molecule has 12 heteroatoms. The molecule has 0 aliphatic heterocycles. The molecule has 1 N–H and O–H groups in total. The van der Waals surface area contributed by atoms with Crippen LogP contribution in [0.4, 0.5) is 13.2 Å². The SMILES string of the molecule is CS(=O)(=O)c1snnc1-c1nc(Br)c(C(F)(F)F)[nH]1. The summed E-state index contributed by atoms with van der Waals surface area (Å²) in [6.07, 6.45) is -3.73. The first-order valence-corrected chi connectivity index (χ1v) is 7.92. The van der Waals surface area contributed by atoms with E-state index in [0.29, 0.717) is 11.5 Å². The van der Waals surface area contributed by atoms with Crippen molar-refractivity contribution in [3.8, 4) is 11.5 Å². The molecule has 0 aliphatic rings. The molecular formula is C7H4BrF3N4O2S2. The zero-order valence-electron chi connectivity index (χ0n) is 8.99. The molecule has 0 radical (unpaired) electrons. The summed E-state index contributed by atoms with van der Waals surface area (Å²) in [4.78, 5) is 5.57. The van der Waals surface area contributed by atoms with Gasteiger partial charge in [0.25, 0.3) is 0 Å². The molecule has 0 atom stereocenters. The minimum Gasteiger partial charge on any atom is -0.332 e. The van der Waals surface area contributed by atoms with Gasteiger partial charge in [0.15, 0.2) is 31.3 Å². The molecule has 0 aromatic carbocycles. The lowest BCUT2D eigenvalue weighted by Gasteiger charge is -2.02. The highest BCUT2D eigenvalue weighted by molar-refractivity contribution is 9.10. The van der Waals surface area contributed by atoms with Gasteiger partial charge in [-0.1, -0.05) is 4.49 Å². The minimum absolute atomic E-state index is 0.233.